The maximum absolute atomic E-state index is 6.11. The molecule has 3 heteroatoms. The second-order valence-corrected chi connectivity index (χ2v) is 6.22. The van der Waals surface area contributed by atoms with Crippen LogP contribution in [-0.4, -0.2) is 13.1 Å². The summed E-state index contributed by atoms with van der Waals surface area (Å²) in [5.74, 6) is 0. The van der Waals surface area contributed by atoms with Crippen LogP contribution >= 0.6 is 22.9 Å². The van der Waals surface area contributed by atoms with Gasteiger partial charge in [-0.15, -0.1) is 11.3 Å². The molecule has 1 fully saturated rings. The Morgan fingerprint density at radius 1 is 1.43 bits per heavy atom. The van der Waals surface area contributed by atoms with Crippen molar-refractivity contribution in [2.24, 2.45) is 0 Å². The summed E-state index contributed by atoms with van der Waals surface area (Å²) in [7, 11) is 0. The van der Waals surface area contributed by atoms with Crippen LogP contribution in [0.3, 0.4) is 0 Å². The lowest BCUT2D eigenvalue weighted by atomic mass is 9.72. The molecule has 1 saturated heterocycles. The van der Waals surface area contributed by atoms with E-state index >= 15 is 0 Å². The summed E-state index contributed by atoms with van der Waals surface area (Å²) in [5.41, 5.74) is 2.00. The second kappa shape index (κ2) is 3.22. The van der Waals surface area contributed by atoms with Gasteiger partial charge in [0.1, 0.15) is 0 Å². The first-order chi connectivity index (χ1) is 6.80. The Labute approximate surface area is 93.5 Å². The first-order valence-electron chi connectivity index (χ1n) is 5.30. The van der Waals surface area contributed by atoms with Gasteiger partial charge in [0.2, 0.25) is 0 Å². The van der Waals surface area contributed by atoms with Gasteiger partial charge in [-0.3, -0.25) is 0 Å². The van der Waals surface area contributed by atoms with Crippen LogP contribution in [0.4, 0.5) is 0 Å². The highest BCUT2D eigenvalue weighted by molar-refractivity contribution is 7.16. The first-order valence-corrected chi connectivity index (χ1v) is 6.49. The van der Waals surface area contributed by atoms with E-state index in [0.717, 1.165) is 10.9 Å². The summed E-state index contributed by atoms with van der Waals surface area (Å²) in [5, 5.41) is 3.49. The standard InChI is InChI=1S/C11H14ClNS/c12-10-6-8-9(14-10)2-1-3-11(8)4-5-13-7-11/h6,13H,1-5,7H2. The maximum Gasteiger partial charge on any atom is 0.0934 e. The molecule has 1 aliphatic carbocycles. The predicted molar refractivity (Wildman–Crippen MR) is 61.4 cm³/mol. The smallest absolute Gasteiger partial charge is 0.0934 e. The molecule has 1 aliphatic heterocycles. The van der Waals surface area contributed by atoms with Gasteiger partial charge in [0.05, 0.1) is 4.34 Å². The molecule has 0 amide bonds. The summed E-state index contributed by atoms with van der Waals surface area (Å²) >= 11 is 7.90. The second-order valence-electron chi connectivity index (χ2n) is 4.45. The van der Waals surface area contributed by atoms with Crippen molar-refractivity contribution in [2.75, 3.05) is 13.1 Å². The molecule has 1 nitrogen and oxygen atoms in total. The van der Waals surface area contributed by atoms with Crippen molar-refractivity contribution < 1.29 is 0 Å². The number of aryl methyl sites for hydroxylation is 1. The van der Waals surface area contributed by atoms with Crippen LogP contribution in [0, 0.1) is 0 Å². The molecule has 1 aromatic rings. The van der Waals surface area contributed by atoms with Crippen molar-refractivity contribution in [3.63, 3.8) is 0 Å². The van der Waals surface area contributed by atoms with E-state index in [1.54, 1.807) is 21.8 Å². The Morgan fingerprint density at radius 3 is 3.14 bits per heavy atom. The van der Waals surface area contributed by atoms with Crippen LogP contribution < -0.4 is 5.32 Å². The van der Waals surface area contributed by atoms with Gasteiger partial charge in [-0.05, 0) is 43.9 Å². The van der Waals surface area contributed by atoms with Crippen molar-refractivity contribution in [3.8, 4) is 0 Å². The van der Waals surface area contributed by atoms with Crippen molar-refractivity contribution in [1.29, 1.82) is 0 Å². The summed E-state index contributed by atoms with van der Waals surface area (Å²) in [6.07, 6.45) is 5.23. The Bertz CT molecular complexity index is 352. The van der Waals surface area contributed by atoms with Crippen molar-refractivity contribution in [2.45, 2.75) is 31.1 Å². The highest BCUT2D eigenvalue weighted by Gasteiger charge is 2.39. The molecule has 2 heterocycles. The minimum absolute atomic E-state index is 0.442. The molecule has 2 aliphatic rings. The zero-order valence-corrected chi connectivity index (χ0v) is 9.68. The molecule has 14 heavy (non-hydrogen) atoms. The van der Waals surface area contributed by atoms with Gasteiger partial charge in [-0.2, -0.15) is 0 Å². The zero-order valence-electron chi connectivity index (χ0n) is 8.11. The number of hydrogen-bond donors (Lipinski definition) is 1. The molecular formula is C11H14ClNS. The summed E-state index contributed by atoms with van der Waals surface area (Å²) in [6.45, 7) is 2.33. The average Bonchev–Trinajstić information content (AvgIpc) is 2.74. The number of rotatable bonds is 0. The van der Waals surface area contributed by atoms with Crippen LogP contribution in [-0.2, 0) is 11.8 Å². The third-order valence-corrected chi connectivity index (χ3v) is 4.98. The van der Waals surface area contributed by atoms with E-state index < -0.39 is 0 Å². The third kappa shape index (κ3) is 1.24. The largest absolute Gasteiger partial charge is 0.316 e. The van der Waals surface area contributed by atoms with E-state index in [0.29, 0.717) is 5.41 Å². The monoisotopic (exact) mass is 227 g/mol. The fraction of sp³-hybridized carbons (Fsp3) is 0.636. The van der Waals surface area contributed by atoms with Gasteiger partial charge in [-0.25, -0.2) is 0 Å². The van der Waals surface area contributed by atoms with Crippen LogP contribution in [0.2, 0.25) is 4.34 Å². The number of hydrogen-bond acceptors (Lipinski definition) is 2. The molecular weight excluding hydrogens is 214 g/mol. The molecule has 1 N–H and O–H groups in total. The maximum atomic E-state index is 6.11. The fourth-order valence-corrected chi connectivity index (χ4v) is 4.37. The SMILES string of the molecule is Clc1cc2c(s1)CCCC21CCNC1. The van der Waals surface area contributed by atoms with Gasteiger partial charge >= 0.3 is 0 Å². The van der Waals surface area contributed by atoms with E-state index in [9.17, 15) is 0 Å². The quantitative estimate of drug-likeness (QED) is 0.719. The van der Waals surface area contributed by atoms with E-state index in [4.69, 9.17) is 11.6 Å². The van der Waals surface area contributed by atoms with E-state index in [1.807, 2.05) is 0 Å². The summed E-state index contributed by atoms with van der Waals surface area (Å²) in [6, 6.07) is 2.22. The van der Waals surface area contributed by atoms with Gasteiger partial charge in [0.25, 0.3) is 0 Å². The molecule has 0 radical (unpaired) electrons. The number of halogens is 1. The third-order valence-electron chi connectivity index (χ3n) is 3.65. The minimum atomic E-state index is 0.442. The topological polar surface area (TPSA) is 12.0 Å². The lowest BCUT2D eigenvalue weighted by Gasteiger charge is -2.32. The van der Waals surface area contributed by atoms with E-state index in [1.165, 1.54) is 32.2 Å². The van der Waals surface area contributed by atoms with Gasteiger partial charge < -0.3 is 5.32 Å². The predicted octanol–water partition coefficient (Wildman–Crippen LogP) is 2.97. The molecule has 1 spiro atoms. The average molecular weight is 228 g/mol. The van der Waals surface area contributed by atoms with Crippen LogP contribution in [0.5, 0.6) is 0 Å². The Hall–Kier alpha value is -0.0500. The molecule has 1 atom stereocenters. The van der Waals surface area contributed by atoms with E-state index in [-0.39, 0.29) is 0 Å². The summed E-state index contributed by atoms with van der Waals surface area (Å²) < 4.78 is 0.975. The van der Waals surface area contributed by atoms with Crippen molar-refractivity contribution in [1.82, 2.24) is 5.32 Å². The molecule has 0 saturated carbocycles. The van der Waals surface area contributed by atoms with Crippen LogP contribution in [0.15, 0.2) is 6.07 Å². The number of thiophene rings is 1. The summed E-state index contributed by atoms with van der Waals surface area (Å²) in [4.78, 5) is 1.55. The van der Waals surface area contributed by atoms with Gasteiger partial charge in [-0.1, -0.05) is 11.6 Å². The van der Waals surface area contributed by atoms with Crippen molar-refractivity contribution >= 4 is 22.9 Å². The highest BCUT2D eigenvalue weighted by Crippen LogP contribution is 2.45. The fourth-order valence-electron chi connectivity index (χ4n) is 2.94. The number of nitrogens with one attached hydrogen (secondary N) is 1. The lowest BCUT2D eigenvalue weighted by Crippen LogP contribution is -2.32. The van der Waals surface area contributed by atoms with E-state index in [2.05, 4.69) is 11.4 Å². The molecule has 0 bridgehead atoms. The normalized spacial score (nSPS) is 30.9. The minimum Gasteiger partial charge on any atom is -0.316 e. The van der Waals surface area contributed by atoms with Crippen LogP contribution in [0.25, 0.3) is 0 Å². The van der Waals surface area contributed by atoms with Gasteiger partial charge in [0, 0.05) is 16.8 Å². The Morgan fingerprint density at radius 2 is 2.36 bits per heavy atom. The lowest BCUT2D eigenvalue weighted by molar-refractivity contribution is 0.397. The molecule has 0 aromatic carbocycles. The first kappa shape index (κ1) is 9.20. The number of fused-ring (bicyclic) bond motifs is 2. The highest BCUT2D eigenvalue weighted by atomic mass is 35.5. The molecule has 1 aromatic heterocycles. The molecule has 1 unspecified atom stereocenters. The molecule has 76 valence electrons. The molecule has 3 rings (SSSR count). The Kier molecular flexibility index (Phi) is 2.12. The zero-order chi connectivity index (χ0) is 9.60. The van der Waals surface area contributed by atoms with Crippen molar-refractivity contribution in [3.05, 3.63) is 20.8 Å². The van der Waals surface area contributed by atoms with Gasteiger partial charge in [0.15, 0.2) is 0 Å². The van der Waals surface area contributed by atoms with Crippen LogP contribution in [0.1, 0.15) is 29.7 Å². The Balaban J connectivity index is 2.09.